The van der Waals surface area contributed by atoms with Crippen LogP contribution in [-0.4, -0.2) is 23.0 Å². The number of halogens is 2. The largest absolute Gasteiger partial charge is 0.477 e. The first-order chi connectivity index (χ1) is 12.1. The summed E-state index contributed by atoms with van der Waals surface area (Å²) < 4.78 is 0. The summed E-state index contributed by atoms with van der Waals surface area (Å²) in [6.45, 7) is 9.38. The van der Waals surface area contributed by atoms with Gasteiger partial charge in [0.15, 0.2) is 0 Å². The third kappa shape index (κ3) is 4.47. The van der Waals surface area contributed by atoms with E-state index in [0.717, 1.165) is 21.8 Å². The van der Waals surface area contributed by atoms with Gasteiger partial charge in [0, 0.05) is 22.4 Å². The fraction of sp³-hybridized carbons (Fsp3) is 0.263. The summed E-state index contributed by atoms with van der Waals surface area (Å²) in [5, 5.41) is 10.2. The third-order valence-electron chi connectivity index (χ3n) is 3.59. The van der Waals surface area contributed by atoms with Crippen molar-refractivity contribution in [3.05, 3.63) is 61.8 Å². The van der Waals surface area contributed by atoms with Crippen LogP contribution in [0.3, 0.4) is 0 Å². The van der Waals surface area contributed by atoms with Gasteiger partial charge in [-0.25, -0.2) is 4.79 Å². The molecule has 0 aliphatic heterocycles. The lowest BCUT2D eigenvalue weighted by atomic mass is 10.1. The molecule has 0 fully saturated rings. The molecule has 1 aromatic carbocycles. The Morgan fingerprint density at radius 3 is 2.42 bits per heavy atom. The van der Waals surface area contributed by atoms with Crippen molar-refractivity contribution < 1.29 is 14.7 Å². The van der Waals surface area contributed by atoms with E-state index in [1.165, 1.54) is 11.0 Å². The first-order valence-electron chi connectivity index (χ1n) is 7.90. The zero-order chi connectivity index (χ0) is 19.6. The molecular weight excluding hydrogens is 393 g/mol. The molecule has 0 radical (unpaired) electrons. The Kier molecular flexibility index (Phi) is 6.50. The van der Waals surface area contributed by atoms with E-state index in [4.69, 9.17) is 23.2 Å². The first-order valence-corrected chi connectivity index (χ1v) is 9.48. The number of aromatic carboxylic acids is 1. The number of amides is 1. The van der Waals surface area contributed by atoms with Crippen LogP contribution in [0.1, 0.15) is 45.7 Å². The van der Waals surface area contributed by atoms with E-state index in [9.17, 15) is 14.7 Å². The zero-order valence-electron chi connectivity index (χ0n) is 14.7. The number of allylic oxidation sites excluding steroid dienone is 1. The minimum atomic E-state index is -1.07. The average Bonchev–Trinajstić information content (AvgIpc) is 2.89. The van der Waals surface area contributed by atoms with Gasteiger partial charge in [0.1, 0.15) is 4.88 Å². The Hall–Kier alpha value is -1.82. The van der Waals surface area contributed by atoms with E-state index < -0.39 is 5.97 Å². The van der Waals surface area contributed by atoms with E-state index >= 15 is 0 Å². The molecule has 0 unspecified atom stereocenters. The Labute approximate surface area is 166 Å². The molecule has 0 saturated heterocycles. The van der Waals surface area contributed by atoms with Gasteiger partial charge in [-0.3, -0.25) is 4.79 Å². The summed E-state index contributed by atoms with van der Waals surface area (Å²) in [5.41, 5.74) is 1.55. The molecule has 2 rings (SSSR count). The lowest BCUT2D eigenvalue weighted by molar-refractivity contribution is 0.0703. The van der Waals surface area contributed by atoms with Crippen molar-refractivity contribution in [1.29, 1.82) is 0 Å². The predicted octanol–water partition coefficient (Wildman–Crippen LogP) is 5.93. The van der Waals surface area contributed by atoms with E-state index in [0.29, 0.717) is 17.1 Å². The minimum absolute atomic E-state index is 0.119. The van der Waals surface area contributed by atoms with E-state index in [2.05, 4.69) is 6.58 Å². The van der Waals surface area contributed by atoms with Crippen LogP contribution in [0.15, 0.2) is 36.4 Å². The number of benzene rings is 1. The molecule has 0 atom stereocenters. The van der Waals surface area contributed by atoms with Crippen molar-refractivity contribution in [1.82, 2.24) is 0 Å². The molecule has 0 saturated carbocycles. The maximum Gasteiger partial charge on any atom is 0.348 e. The highest BCUT2D eigenvalue weighted by Gasteiger charge is 2.28. The van der Waals surface area contributed by atoms with Crippen molar-refractivity contribution in [3.63, 3.8) is 0 Å². The fourth-order valence-corrected chi connectivity index (χ4v) is 4.15. The monoisotopic (exact) mass is 411 g/mol. The molecular formula is C19H19Cl2NO3S. The van der Waals surface area contributed by atoms with Crippen LogP contribution in [-0.2, 0) is 6.42 Å². The zero-order valence-corrected chi connectivity index (χ0v) is 17.0. The second-order valence-corrected chi connectivity index (χ2v) is 8.24. The van der Waals surface area contributed by atoms with E-state index in [-0.39, 0.29) is 27.4 Å². The lowest BCUT2D eigenvalue weighted by Crippen LogP contribution is -2.37. The lowest BCUT2D eigenvalue weighted by Gasteiger charge is -2.27. The number of carboxylic acid groups (broad SMARTS) is 1. The van der Waals surface area contributed by atoms with Crippen LogP contribution in [0, 0.1) is 0 Å². The first kappa shape index (κ1) is 20.5. The van der Waals surface area contributed by atoms with Gasteiger partial charge in [0.2, 0.25) is 0 Å². The van der Waals surface area contributed by atoms with Gasteiger partial charge < -0.3 is 10.0 Å². The molecule has 1 heterocycles. The second-order valence-electron chi connectivity index (χ2n) is 6.26. The molecule has 0 aliphatic rings. The molecule has 1 aromatic heterocycles. The van der Waals surface area contributed by atoms with Gasteiger partial charge in [-0.1, -0.05) is 35.4 Å². The number of carboxylic acids is 1. The minimum Gasteiger partial charge on any atom is -0.477 e. The summed E-state index contributed by atoms with van der Waals surface area (Å²) in [5.74, 6) is -1.44. The van der Waals surface area contributed by atoms with Gasteiger partial charge in [-0.15, -0.1) is 11.3 Å². The quantitative estimate of drug-likeness (QED) is 0.599. The van der Waals surface area contributed by atoms with Crippen molar-refractivity contribution >= 4 is 52.1 Å². The number of rotatable bonds is 6. The Balaban J connectivity index is 2.56. The Morgan fingerprint density at radius 1 is 1.27 bits per heavy atom. The Morgan fingerprint density at radius 2 is 1.92 bits per heavy atom. The van der Waals surface area contributed by atoms with Crippen LogP contribution < -0.4 is 4.90 Å². The molecule has 0 spiro atoms. The summed E-state index contributed by atoms with van der Waals surface area (Å²) >= 11 is 13.2. The number of carbonyl (C=O) groups excluding carboxylic acids is 1. The van der Waals surface area contributed by atoms with Crippen LogP contribution in [0.4, 0.5) is 5.69 Å². The highest BCUT2D eigenvalue weighted by atomic mass is 35.5. The summed E-state index contributed by atoms with van der Waals surface area (Å²) in [7, 11) is 0. The number of anilines is 1. The van der Waals surface area contributed by atoms with Crippen LogP contribution in [0.25, 0.3) is 0 Å². The maximum absolute atomic E-state index is 13.1. The van der Waals surface area contributed by atoms with Gasteiger partial charge >= 0.3 is 5.97 Å². The van der Waals surface area contributed by atoms with Gasteiger partial charge in [0.05, 0.1) is 16.3 Å². The van der Waals surface area contributed by atoms with Crippen molar-refractivity contribution in [2.75, 3.05) is 4.90 Å². The number of hydrogen-bond acceptors (Lipinski definition) is 3. The van der Waals surface area contributed by atoms with Crippen molar-refractivity contribution in [3.8, 4) is 0 Å². The molecule has 7 heteroatoms. The fourth-order valence-electron chi connectivity index (χ4n) is 2.56. The summed E-state index contributed by atoms with van der Waals surface area (Å²) in [6, 6.07) is 6.10. The molecule has 0 bridgehead atoms. The van der Waals surface area contributed by atoms with Crippen LogP contribution in [0.5, 0.6) is 0 Å². The van der Waals surface area contributed by atoms with Gasteiger partial charge in [-0.05, 0) is 45.0 Å². The van der Waals surface area contributed by atoms with Crippen molar-refractivity contribution in [2.45, 2.75) is 33.2 Å². The molecule has 2 aromatic rings. The summed E-state index contributed by atoms with van der Waals surface area (Å²) in [6.07, 6.45) is 0.562. The van der Waals surface area contributed by atoms with Crippen LogP contribution >= 0.6 is 34.5 Å². The SMILES string of the molecule is C=C(C)Cc1cc(N(C(=O)c2ccc(Cl)cc2Cl)C(C)C)c(C(=O)O)s1. The molecule has 1 N–H and O–H groups in total. The molecule has 4 nitrogen and oxygen atoms in total. The highest BCUT2D eigenvalue weighted by molar-refractivity contribution is 7.14. The third-order valence-corrected chi connectivity index (χ3v) is 5.25. The van der Waals surface area contributed by atoms with E-state index in [1.807, 2.05) is 20.8 Å². The topological polar surface area (TPSA) is 57.6 Å². The molecule has 1 amide bonds. The number of nitrogens with zero attached hydrogens (tertiary/aromatic N) is 1. The normalized spacial score (nSPS) is 10.8. The summed E-state index contributed by atoms with van der Waals surface area (Å²) in [4.78, 5) is 27.3. The number of thiophene rings is 1. The standard InChI is InChI=1S/C19H19Cl2NO3S/c1-10(2)7-13-9-16(17(26-13)19(24)25)22(11(3)4)18(23)14-6-5-12(20)8-15(14)21/h5-6,8-9,11H,1,7H2,2-4H3,(H,24,25). The average molecular weight is 412 g/mol. The molecule has 26 heavy (non-hydrogen) atoms. The van der Waals surface area contributed by atoms with Crippen LogP contribution in [0.2, 0.25) is 10.0 Å². The number of hydrogen-bond donors (Lipinski definition) is 1. The van der Waals surface area contributed by atoms with Gasteiger partial charge in [-0.2, -0.15) is 0 Å². The van der Waals surface area contributed by atoms with E-state index in [1.54, 1.807) is 18.2 Å². The van der Waals surface area contributed by atoms with Crippen molar-refractivity contribution in [2.24, 2.45) is 0 Å². The Bertz CT molecular complexity index is 874. The predicted molar refractivity (Wildman–Crippen MR) is 108 cm³/mol. The molecule has 138 valence electrons. The number of carbonyl (C=O) groups is 2. The second kappa shape index (κ2) is 8.25. The smallest absolute Gasteiger partial charge is 0.348 e. The van der Waals surface area contributed by atoms with Gasteiger partial charge in [0.25, 0.3) is 5.91 Å². The maximum atomic E-state index is 13.1. The molecule has 0 aliphatic carbocycles. The highest BCUT2D eigenvalue weighted by Crippen LogP contribution is 2.35.